The van der Waals surface area contributed by atoms with Crippen molar-refractivity contribution in [3.63, 3.8) is 0 Å². The second-order valence-electron chi connectivity index (χ2n) is 5.38. The number of anilines is 1. The van der Waals surface area contributed by atoms with Gasteiger partial charge in [0.1, 0.15) is 0 Å². The van der Waals surface area contributed by atoms with Gasteiger partial charge in [0.05, 0.1) is 5.92 Å². The van der Waals surface area contributed by atoms with Crippen LogP contribution in [0.25, 0.3) is 0 Å². The Morgan fingerprint density at radius 2 is 2.18 bits per heavy atom. The molecule has 4 atom stereocenters. The summed E-state index contributed by atoms with van der Waals surface area (Å²) in [5, 5.41) is 4.03. The van der Waals surface area contributed by atoms with E-state index in [2.05, 4.69) is 17.1 Å². The molecule has 2 saturated carbocycles. The third kappa shape index (κ3) is 1.64. The molecule has 17 heavy (non-hydrogen) atoms. The number of nitrogens with zero attached hydrogens (tertiary/aromatic N) is 3. The average molecular weight is 236 g/mol. The van der Waals surface area contributed by atoms with Crippen LogP contribution in [0.15, 0.2) is 4.52 Å². The predicted molar refractivity (Wildman–Crippen MR) is 64.8 cm³/mol. The van der Waals surface area contributed by atoms with Crippen molar-refractivity contribution in [2.24, 2.45) is 17.6 Å². The van der Waals surface area contributed by atoms with Crippen LogP contribution in [0, 0.1) is 11.8 Å². The molecule has 1 heterocycles. The molecule has 0 aliphatic heterocycles. The fourth-order valence-corrected chi connectivity index (χ4v) is 3.36. The number of hydrogen-bond acceptors (Lipinski definition) is 5. The molecule has 94 valence electrons. The van der Waals surface area contributed by atoms with Gasteiger partial charge in [-0.25, -0.2) is 0 Å². The molecular formula is C12H20N4O. The van der Waals surface area contributed by atoms with E-state index in [4.69, 9.17) is 10.3 Å². The summed E-state index contributed by atoms with van der Waals surface area (Å²) in [7, 11) is 1.97. The van der Waals surface area contributed by atoms with Crippen molar-refractivity contribution in [1.82, 2.24) is 10.1 Å². The molecule has 2 fully saturated rings. The van der Waals surface area contributed by atoms with E-state index < -0.39 is 0 Å². The van der Waals surface area contributed by atoms with E-state index in [1.807, 2.05) is 11.9 Å². The van der Waals surface area contributed by atoms with Crippen molar-refractivity contribution in [2.75, 3.05) is 18.5 Å². The van der Waals surface area contributed by atoms with Crippen LogP contribution in [0.1, 0.15) is 38.0 Å². The van der Waals surface area contributed by atoms with Crippen LogP contribution in [-0.2, 0) is 0 Å². The first-order valence-electron chi connectivity index (χ1n) is 6.51. The number of fused-ring (bicyclic) bond motifs is 2. The van der Waals surface area contributed by atoms with Gasteiger partial charge in [0.2, 0.25) is 5.89 Å². The third-order valence-electron chi connectivity index (χ3n) is 4.51. The zero-order valence-electron chi connectivity index (χ0n) is 10.5. The Hall–Kier alpha value is -1.10. The van der Waals surface area contributed by atoms with Crippen molar-refractivity contribution in [2.45, 2.75) is 38.1 Å². The van der Waals surface area contributed by atoms with Gasteiger partial charge in [-0.1, -0.05) is 0 Å². The first kappa shape index (κ1) is 11.0. The minimum absolute atomic E-state index is 0.217. The van der Waals surface area contributed by atoms with Gasteiger partial charge in [-0.2, -0.15) is 4.98 Å². The summed E-state index contributed by atoms with van der Waals surface area (Å²) >= 11 is 0. The Morgan fingerprint density at radius 1 is 1.41 bits per heavy atom. The van der Waals surface area contributed by atoms with Gasteiger partial charge < -0.3 is 15.2 Å². The van der Waals surface area contributed by atoms with Crippen molar-refractivity contribution in [3.8, 4) is 0 Å². The maximum absolute atomic E-state index is 6.27. The minimum Gasteiger partial charge on any atom is -0.342 e. The molecule has 2 aliphatic carbocycles. The Labute approximate surface area is 101 Å². The molecule has 1 aromatic rings. The number of hydrogen-bond donors (Lipinski definition) is 1. The zero-order valence-corrected chi connectivity index (χ0v) is 10.5. The lowest BCUT2D eigenvalue weighted by molar-refractivity contribution is 0.279. The van der Waals surface area contributed by atoms with E-state index in [9.17, 15) is 0 Å². The molecule has 3 rings (SSSR count). The maximum atomic E-state index is 6.27. The number of nitrogens with two attached hydrogens (primary N) is 1. The predicted octanol–water partition coefficient (Wildman–Crippen LogP) is 1.37. The summed E-state index contributed by atoms with van der Waals surface area (Å²) in [6.45, 7) is 2.95. The van der Waals surface area contributed by atoms with Crippen LogP contribution in [0.2, 0.25) is 0 Å². The molecule has 0 spiro atoms. The molecule has 2 bridgehead atoms. The number of rotatable bonds is 3. The van der Waals surface area contributed by atoms with Crippen LogP contribution in [-0.4, -0.2) is 29.8 Å². The number of aromatic nitrogens is 2. The highest BCUT2D eigenvalue weighted by Gasteiger charge is 2.48. The van der Waals surface area contributed by atoms with Crippen molar-refractivity contribution < 1.29 is 4.52 Å². The molecule has 1 aromatic heterocycles. The smallest absolute Gasteiger partial charge is 0.265 e. The van der Waals surface area contributed by atoms with Gasteiger partial charge >= 0.3 is 0 Å². The van der Waals surface area contributed by atoms with E-state index in [-0.39, 0.29) is 6.04 Å². The summed E-state index contributed by atoms with van der Waals surface area (Å²) in [5.41, 5.74) is 6.27. The molecule has 4 unspecified atom stereocenters. The molecular weight excluding hydrogens is 216 g/mol. The van der Waals surface area contributed by atoms with E-state index in [1.165, 1.54) is 19.3 Å². The van der Waals surface area contributed by atoms with Crippen molar-refractivity contribution >= 4 is 5.95 Å². The normalized spacial score (nSPS) is 35.5. The highest BCUT2D eigenvalue weighted by atomic mass is 16.5. The fraction of sp³-hybridized carbons (Fsp3) is 0.833. The lowest BCUT2D eigenvalue weighted by Gasteiger charge is -2.24. The van der Waals surface area contributed by atoms with Crippen LogP contribution < -0.4 is 10.6 Å². The second kappa shape index (κ2) is 3.98. The van der Waals surface area contributed by atoms with E-state index in [0.717, 1.165) is 12.4 Å². The summed E-state index contributed by atoms with van der Waals surface area (Å²) in [5.74, 6) is 3.05. The highest BCUT2D eigenvalue weighted by Crippen LogP contribution is 2.51. The molecule has 5 nitrogen and oxygen atoms in total. The van der Waals surface area contributed by atoms with Gasteiger partial charge in [-0.3, -0.25) is 0 Å². The first-order chi connectivity index (χ1) is 8.20. The van der Waals surface area contributed by atoms with Gasteiger partial charge in [0, 0.05) is 19.6 Å². The van der Waals surface area contributed by atoms with Crippen LogP contribution in [0.5, 0.6) is 0 Å². The molecule has 2 aliphatic rings. The first-order valence-corrected chi connectivity index (χ1v) is 6.51. The highest BCUT2D eigenvalue weighted by molar-refractivity contribution is 5.27. The fourth-order valence-electron chi connectivity index (χ4n) is 3.36. The zero-order chi connectivity index (χ0) is 12.0. The Morgan fingerprint density at radius 3 is 2.82 bits per heavy atom. The summed E-state index contributed by atoms with van der Waals surface area (Å²) in [6.07, 6.45) is 3.79. The largest absolute Gasteiger partial charge is 0.342 e. The van der Waals surface area contributed by atoms with Crippen molar-refractivity contribution in [3.05, 3.63) is 5.89 Å². The standard InChI is InChI=1S/C12H20N4O/c1-3-16(2)12-14-11(17-15-12)9-7-4-5-8(6-7)10(9)13/h7-10H,3-6,13H2,1-2H3. The Bertz CT molecular complexity index is 403. The Balaban J connectivity index is 1.82. The quantitative estimate of drug-likeness (QED) is 0.858. The summed E-state index contributed by atoms with van der Waals surface area (Å²) in [4.78, 5) is 6.48. The molecule has 0 aromatic carbocycles. The molecule has 5 heteroatoms. The lowest BCUT2D eigenvalue weighted by Crippen LogP contribution is -2.34. The monoisotopic (exact) mass is 236 g/mol. The molecule has 0 saturated heterocycles. The van der Waals surface area contributed by atoms with Crippen LogP contribution in [0.3, 0.4) is 0 Å². The third-order valence-corrected chi connectivity index (χ3v) is 4.51. The molecule has 0 amide bonds. The van der Waals surface area contributed by atoms with Gasteiger partial charge in [-0.15, -0.1) is 0 Å². The van der Waals surface area contributed by atoms with Gasteiger partial charge in [0.25, 0.3) is 5.95 Å². The molecule has 0 radical (unpaired) electrons. The lowest BCUT2D eigenvalue weighted by atomic mass is 9.85. The van der Waals surface area contributed by atoms with Gasteiger partial charge in [0.15, 0.2) is 0 Å². The SMILES string of the molecule is CCN(C)c1noc(C2C3CCC(C3)C2N)n1. The van der Waals surface area contributed by atoms with E-state index >= 15 is 0 Å². The summed E-state index contributed by atoms with van der Waals surface area (Å²) in [6, 6.07) is 0.217. The van der Waals surface area contributed by atoms with Crippen LogP contribution in [0.4, 0.5) is 5.95 Å². The minimum atomic E-state index is 0.217. The average Bonchev–Trinajstić information content (AvgIpc) is 3.01. The topological polar surface area (TPSA) is 68.2 Å². The van der Waals surface area contributed by atoms with Crippen molar-refractivity contribution in [1.29, 1.82) is 0 Å². The Kier molecular flexibility index (Phi) is 2.58. The van der Waals surface area contributed by atoms with E-state index in [1.54, 1.807) is 0 Å². The second-order valence-corrected chi connectivity index (χ2v) is 5.38. The van der Waals surface area contributed by atoms with E-state index in [0.29, 0.717) is 23.7 Å². The summed E-state index contributed by atoms with van der Waals surface area (Å²) < 4.78 is 5.41. The molecule has 2 N–H and O–H groups in total. The van der Waals surface area contributed by atoms with Gasteiger partial charge in [-0.05, 0) is 43.2 Å². The van der Waals surface area contributed by atoms with Crippen LogP contribution >= 0.6 is 0 Å². The maximum Gasteiger partial charge on any atom is 0.265 e.